The van der Waals surface area contributed by atoms with Gasteiger partial charge in [-0.2, -0.15) is 0 Å². The van der Waals surface area contributed by atoms with Gasteiger partial charge in [-0.15, -0.1) is 0 Å². The second-order valence-electron chi connectivity index (χ2n) is 8.70. The molecule has 1 aliphatic carbocycles. The number of aromatic nitrogens is 4. The van der Waals surface area contributed by atoms with E-state index in [2.05, 4.69) is 52.4 Å². The maximum atomic E-state index is 6.13. The monoisotopic (exact) mass is 407 g/mol. The predicted molar refractivity (Wildman–Crippen MR) is 124 cm³/mol. The molecular formula is C23H33N7. The Morgan fingerprint density at radius 1 is 1.13 bits per heavy atom. The van der Waals surface area contributed by atoms with Crippen LogP contribution in [0.2, 0.25) is 0 Å². The van der Waals surface area contributed by atoms with E-state index in [9.17, 15) is 0 Å². The molecule has 0 spiro atoms. The number of nitrogens with one attached hydrogen (secondary N) is 3. The Hall–Kier alpha value is -2.67. The van der Waals surface area contributed by atoms with Crippen molar-refractivity contribution < 1.29 is 0 Å². The SMILES string of the molecule is CCCc1cc2c(NC3CCC(N)CC3)c(-c3cc(NC(C)C)ncn3)cnc2[nH]1. The van der Waals surface area contributed by atoms with Gasteiger partial charge in [-0.25, -0.2) is 15.0 Å². The number of fused-ring (bicyclic) bond motifs is 1. The van der Waals surface area contributed by atoms with Crippen molar-refractivity contribution in [2.75, 3.05) is 10.6 Å². The first kappa shape index (κ1) is 20.6. The van der Waals surface area contributed by atoms with Crippen molar-refractivity contribution in [1.29, 1.82) is 0 Å². The molecule has 3 aromatic heterocycles. The van der Waals surface area contributed by atoms with E-state index in [0.29, 0.717) is 18.1 Å². The Morgan fingerprint density at radius 2 is 1.93 bits per heavy atom. The molecule has 160 valence electrons. The molecule has 0 aromatic carbocycles. The van der Waals surface area contributed by atoms with E-state index in [1.54, 1.807) is 6.33 Å². The lowest BCUT2D eigenvalue weighted by atomic mass is 9.91. The molecular weight excluding hydrogens is 374 g/mol. The normalized spacial score (nSPS) is 19.4. The first-order chi connectivity index (χ1) is 14.5. The minimum Gasteiger partial charge on any atom is -0.381 e. The smallest absolute Gasteiger partial charge is 0.139 e. The fourth-order valence-electron chi connectivity index (χ4n) is 4.23. The average Bonchev–Trinajstić information content (AvgIpc) is 3.13. The summed E-state index contributed by atoms with van der Waals surface area (Å²) < 4.78 is 0. The lowest BCUT2D eigenvalue weighted by Gasteiger charge is -2.28. The molecule has 5 N–H and O–H groups in total. The van der Waals surface area contributed by atoms with Gasteiger partial charge in [0.15, 0.2) is 0 Å². The molecule has 0 amide bonds. The van der Waals surface area contributed by atoms with Crippen LogP contribution in [0.15, 0.2) is 24.7 Å². The highest BCUT2D eigenvalue weighted by atomic mass is 15.0. The number of rotatable bonds is 7. The number of anilines is 2. The maximum Gasteiger partial charge on any atom is 0.139 e. The molecule has 4 rings (SSSR count). The summed E-state index contributed by atoms with van der Waals surface area (Å²) in [5.41, 5.74) is 11.3. The molecule has 1 fully saturated rings. The zero-order valence-electron chi connectivity index (χ0n) is 18.2. The van der Waals surface area contributed by atoms with Crippen LogP contribution in [0, 0.1) is 0 Å². The van der Waals surface area contributed by atoms with Crippen molar-refractivity contribution in [2.45, 2.75) is 77.4 Å². The summed E-state index contributed by atoms with van der Waals surface area (Å²) in [5, 5.41) is 8.33. The topological polar surface area (TPSA) is 105 Å². The molecule has 3 aromatic rings. The lowest BCUT2D eigenvalue weighted by molar-refractivity contribution is 0.411. The van der Waals surface area contributed by atoms with E-state index in [1.807, 2.05) is 12.3 Å². The van der Waals surface area contributed by atoms with Gasteiger partial charge >= 0.3 is 0 Å². The van der Waals surface area contributed by atoms with E-state index in [1.165, 1.54) is 5.69 Å². The minimum atomic E-state index is 0.304. The van der Waals surface area contributed by atoms with Crippen LogP contribution in [0.25, 0.3) is 22.3 Å². The largest absolute Gasteiger partial charge is 0.381 e. The fourth-order valence-corrected chi connectivity index (χ4v) is 4.23. The molecule has 0 bridgehead atoms. The summed E-state index contributed by atoms with van der Waals surface area (Å²) >= 11 is 0. The van der Waals surface area contributed by atoms with E-state index in [0.717, 1.165) is 72.3 Å². The molecule has 7 heteroatoms. The van der Waals surface area contributed by atoms with Gasteiger partial charge in [-0.05, 0) is 52.0 Å². The summed E-state index contributed by atoms with van der Waals surface area (Å²) in [6.07, 6.45) is 9.94. The van der Waals surface area contributed by atoms with Gasteiger partial charge < -0.3 is 21.4 Å². The molecule has 3 heterocycles. The van der Waals surface area contributed by atoms with E-state index < -0.39 is 0 Å². The zero-order valence-corrected chi connectivity index (χ0v) is 18.2. The summed E-state index contributed by atoms with van der Waals surface area (Å²) in [6, 6.07) is 5.29. The number of nitrogens with zero attached hydrogens (tertiary/aromatic N) is 3. The van der Waals surface area contributed by atoms with E-state index in [4.69, 9.17) is 10.7 Å². The first-order valence-corrected chi connectivity index (χ1v) is 11.1. The van der Waals surface area contributed by atoms with Crippen molar-refractivity contribution >= 4 is 22.5 Å². The van der Waals surface area contributed by atoms with Crippen molar-refractivity contribution in [2.24, 2.45) is 5.73 Å². The van der Waals surface area contributed by atoms with Crippen LogP contribution < -0.4 is 16.4 Å². The van der Waals surface area contributed by atoms with Crippen LogP contribution in [0.4, 0.5) is 11.5 Å². The van der Waals surface area contributed by atoms with Crippen molar-refractivity contribution in [1.82, 2.24) is 19.9 Å². The van der Waals surface area contributed by atoms with E-state index in [-0.39, 0.29) is 0 Å². The summed E-state index contributed by atoms with van der Waals surface area (Å²) in [5.74, 6) is 0.824. The number of nitrogens with two attached hydrogens (primary N) is 1. The molecule has 0 aliphatic heterocycles. The predicted octanol–water partition coefficient (Wildman–Crippen LogP) is 4.47. The Balaban J connectivity index is 1.76. The molecule has 0 unspecified atom stereocenters. The van der Waals surface area contributed by atoms with Crippen LogP contribution in [0.1, 0.15) is 58.6 Å². The van der Waals surface area contributed by atoms with Gasteiger partial charge in [0, 0.05) is 47.0 Å². The van der Waals surface area contributed by atoms with Crippen molar-refractivity contribution in [3.8, 4) is 11.3 Å². The molecule has 0 atom stereocenters. The van der Waals surface area contributed by atoms with Gasteiger partial charge in [0.25, 0.3) is 0 Å². The highest BCUT2D eigenvalue weighted by Gasteiger charge is 2.22. The number of hydrogen-bond acceptors (Lipinski definition) is 6. The van der Waals surface area contributed by atoms with E-state index >= 15 is 0 Å². The molecule has 30 heavy (non-hydrogen) atoms. The van der Waals surface area contributed by atoms with Gasteiger partial charge in [0.1, 0.15) is 17.8 Å². The van der Waals surface area contributed by atoms with Crippen LogP contribution >= 0.6 is 0 Å². The van der Waals surface area contributed by atoms with Gasteiger partial charge in [0.2, 0.25) is 0 Å². The molecule has 7 nitrogen and oxygen atoms in total. The molecule has 1 aliphatic rings. The first-order valence-electron chi connectivity index (χ1n) is 11.1. The quantitative estimate of drug-likeness (QED) is 0.460. The van der Waals surface area contributed by atoms with Crippen LogP contribution in [0.3, 0.4) is 0 Å². The highest BCUT2D eigenvalue weighted by molar-refractivity contribution is 5.98. The van der Waals surface area contributed by atoms with Crippen molar-refractivity contribution in [3.05, 3.63) is 30.4 Å². The molecule has 0 radical (unpaired) electrons. The number of H-pyrrole nitrogens is 1. The second-order valence-corrected chi connectivity index (χ2v) is 8.70. The summed E-state index contributed by atoms with van der Waals surface area (Å²) in [6.45, 7) is 6.40. The summed E-state index contributed by atoms with van der Waals surface area (Å²) in [4.78, 5) is 17.1. The number of hydrogen-bond donors (Lipinski definition) is 4. The number of pyridine rings is 1. The third kappa shape index (κ3) is 4.56. The Bertz CT molecular complexity index is 986. The summed E-state index contributed by atoms with van der Waals surface area (Å²) in [7, 11) is 0. The average molecular weight is 408 g/mol. The lowest BCUT2D eigenvalue weighted by Crippen LogP contribution is -2.33. The Labute approximate surface area is 178 Å². The minimum absolute atomic E-state index is 0.304. The Kier molecular flexibility index (Phi) is 6.18. The maximum absolute atomic E-state index is 6.13. The van der Waals surface area contributed by atoms with Gasteiger partial charge in [-0.3, -0.25) is 0 Å². The number of aromatic amines is 1. The fraction of sp³-hybridized carbons (Fsp3) is 0.522. The van der Waals surface area contributed by atoms with Crippen LogP contribution in [-0.4, -0.2) is 38.1 Å². The van der Waals surface area contributed by atoms with Gasteiger partial charge in [0.05, 0.1) is 11.4 Å². The zero-order chi connectivity index (χ0) is 21.1. The number of aryl methyl sites for hydroxylation is 1. The third-order valence-electron chi connectivity index (χ3n) is 5.73. The van der Waals surface area contributed by atoms with Crippen molar-refractivity contribution in [3.63, 3.8) is 0 Å². The molecule has 0 saturated heterocycles. The van der Waals surface area contributed by atoms with Crippen LogP contribution in [0.5, 0.6) is 0 Å². The Morgan fingerprint density at radius 3 is 2.67 bits per heavy atom. The molecule has 1 saturated carbocycles. The van der Waals surface area contributed by atoms with Gasteiger partial charge in [-0.1, -0.05) is 13.3 Å². The highest BCUT2D eigenvalue weighted by Crippen LogP contribution is 2.36. The second kappa shape index (κ2) is 9.00. The van der Waals surface area contributed by atoms with Crippen LogP contribution in [-0.2, 0) is 6.42 Å². The third-order valence-corrected chi connectivity index (χ3v) is 5.73. The standard InChI is InChI=1S/C23H33N7/c1-4-5-17-10-18-22(29-16-8-6-15(24)7-9-16)19(12-25-23(18)30-17)20-11-21(27-13-26-20)28-14(2)3/h10-16H,4-9,24H2,1-3H3,(H2,25,29,30)(H,26,27,28).